The number of nitrogens with zero attached hydrogens (tertiary/aromatic N) is 2. The molecule has 0 spiro atoms. The Hall–Kier alpha value is -4.21. The average molecular weight is 507 g/mol. The Bertz CT molecular complexity index is 1310. The second kappa shape index (κ2) is 15.8. The van der Waals surface area contributed by atoms with Gasteiger partial charge in [-0.15, -0.1) is 0 Å². The van der Waals surface area contributed by atoms with Crippen molar-refractivity contribution in [1.82, 2.24) is 4.90 Å². The summed E-state index contributed by atoms with van der Waals surface area (Å²) >= 11 is 0. The van der Waals surface area contributed by atoms with Crippen LogP contribution in [0.15, 0.2) is 72.8 Å². The van der Waals surface area contributed by atoms with Crippen molar-refractivity contribution < 1.29 is 14.2 Å². The summed E-state index contributed by atoms with van der Waals surface area (Å²) in [6, 6.07) is 26.2. The van der Waals surface area contributed by atoms with Crippen molar-refractivity contribution >= 4 is 0 Å². The van der Waals surface area contributed by atoms with E-state index in [2.05, 4.69) is 46.8 Å². The molecule has 194 valence electrons. The van der Waals surface area contributed by atoms with Gasteiger partial charge in [0, 0.05) is 31.5 Å². The molecule has 1 atom stereocenters. The maximum Gasteiger partial charge on any atom is 0.119 e. The first-order chi connectivity index (χ1) is 18.6. The molecule has 0 aliphatic heterocycles. The van der Waals surface area contributed by atoms with E-state index in [4.69, 9.17) is 19.5 Å². The summed E-state index contributed by atoms with van der Waals surface area (Å²) in [5, 5.41) is 9.04. The molecule has 5 nitrogen and oxygen atoms in total. The van der Waals surface area contributed by atoms with Gasteiger partial charge in [-0.3, -0.25) is 4.90 Å². The van der Waals surface area contributed by atoms with Gasteiger partial charge in [0.25, 0.3) is 0 Å². The van der Waals surface area contributed by atoms with Crippen LogP contribution in [0.2, 0.25) is 0 Å². The van der Waals surface area contributed by atoms with Crippen LogP contribution in [0.3, 0.4) is 0 Å². The van der Waals surface area contributed by atoms with E-state index in [1.54, 1.807) is 14.2 Å². The summed E-state index contributed by atoms with van der Waals surface area (Å²) in [7, 11) is 3.32. The third-order valence-electron chi connectivity index (χ3n) is 6.00. The number of nitriles is 1. The fourth-order valence-electron chi connectivity index (χ4n) is 3.86. The lowest BCUT2D eigenvalue weighted by Gasteiger charge is -2.18. The van der Waals surface area contributed by atoms with Crippen LogP contribution in [0, 0.1) is 41.9 Å². The number of rotatable bonds is 11. The molecule has 0 N–H and O–H groups in total. The van der Waals surface area contributed by atoms with Crippen LogP contribution in [-0.4, -0.2) is 38.8 Å². The molecule has 0 aliphatic carbocycles. The summed E-state index contributed by atoms with van der Waals surface area (Å²) in [4.78, 5) is 2.16. The molecule has 0 fully saturated rings. The molecule has 3 rings (SSSR count). The molecule has 0 bridgehead atoms. The van der Waals surface area contributed by atoms with Crippen LogP contribution in [0.5, 0.6) is 11.5 Å². The van der Waals surface area contributed by atoms with Gasteiger partial charge >= 0.3 is 0 Å². The summed E-state index contributed by atoms with van der Waals surface area (Å²) in [5.74, 6) is 14.6. The molecule has 0 heterocycles. The zero-order valence-corrected chi connectivity index (χ0v) is 22.4. The Balaban J connectivity index is 1.60. The van der Waals surface area contributed by atoms with Gasteiger partial charge in [0.15, 0.2) is 0 Å². The van der Waals surface area contributed by atoms with Crippen LogP contribution in [0.4, 0.5) is 0 Å². The van der Waals surface area contributed by atoms with E-state index in [0.717, 1.165) is 33.8 Å². The van der Waals surface area contributed by atoms with Gasteiger partial charge < -0.3 is 14.2 Å². The molecule has 0 unspecified atom stereocenters. The minimum Gasteiger partial charge on any atom is -0.497 e. The smallest absolute Gasteiger partial charge is 0.119 e. The molecule has 5 heteroatoms. The Morgan fingerprint density at radius 3 is 2.29 bits per heavy atom. The van der Waals surface area contributed by atoms with Crippen molar-refractivity contribution in [3.63, 3.8) is 0 Å². The number of benzene rings is 3. The van der Waals surface area contributed by atoms with Gasteiger partial charge in [0.2, 0.25) is 0 Å². The zero-order valence-electron chi connectivity index (χ0n) is 22.4. The van der Waals surface area contributed by atoms with Crippen molar-refractivity contribution in [2.24, 2.45) is 0 Å². The summed E-state index contributed by atoms with van der Waals surface area (Å²) in [6.07, 6.45) is 0.838. The maximum atomic E-state index is 9.04. The zero-order chi connectivity index (χ0) is 27.0. The Labute approximate surface area is 227 Å². The van der Waals surface area contributed by atoms with E-state index >= 15 is 0 Å². The lowest BCUT2D eigenvalue weighted by Crippen LogP contribution is -2.24. The van der Waals surface area contributed by atoms with Crippen molar-refractivity contribution in [3.05, 3.63) is 95.1 Å². The number of ether oxygens (including phenoxy) is 3. The molecular formula is C33H34N2O3. The van der Waals surface area contributed by atoms with Gasteiger partial charge in [-0.2, -0.15) is 5.26 Å². The van der Waals surface area contributed by atoms with Gasteiger partial charge in [-0.1, -0.05) is 66.1 Å². The van der Waals surface area contributed by atoms with Crippen LogP contribution in [0.25, 0.3) is 0 Å². The van der Waals surface area contributed by atoms with Gasteiger partial charge in [-0.25, -0.2) is 0 Å². The van der Waals surface area contributed by atoms with E-state index in [9.17, 15) is 0 Å². The molecule has 0 aromatic heterocycles. The summed E-state index contributed by atoms with van der Waals surface area (Å²) in [5.41, 5.74) is 4.28. The topological polar surface area (TPSA) is 54.7 Å². The molecule has 3 aromatic rings. The molecule has 3 aromatic carbocycles. The predicted molar refractivity (Wildman–Crippen MR) is 151 cm³/mol. The van der Waals surface area contributed by atoms with Crippen molar-refractivity contribution in [2.75, 3.05) is 33.9 Å². The van der Waals surface area contributed by atoms with Gasteiger partial charge in [0.05, 0.1) is 32.9 Å². The highest BCUT2D eigenvalue weighted by Crippen LogP contribution is 2.21. The quantitative estimate of drug-likeness (QED) is 0.302. The fourth-order valence-corrected chi connectivity index (χ4v) is 3.86. The van der Waals surface area contributed by atoms with Crippen molar-refractivity contribution in [2.45, 2.75) is 32.4 Å². The Morgan fingerprint density at radius 1 is 0.868 bits per heavy atom. The first kappa shape index (κ1) is 28.4. The first-order valence-corrected chi connectivity index (χ1v) is 12.6. The normalized spacial score (nSPS) is 10.9. The molecule has 0 amide bonds. The van der Waals surface area contributed by atoms with Crippen molar-refractivity contribution in [3.8, 4) is 41.2 Å². The van der Waals surface area contributed by atoms with E-state index < -0.39 is 0 Å². The highest BCUT2D eigenvalue weighted by Gasteiger charge is 2.10. The van der Waals surface area contributed by atoms with Crippen LogP contribution < -0.4 is 9.47 Å². The van der Waals surface area contributed by atoms with E-state index in [1.807, 2.05) is 67.6 Å². The molecule has 0 saturated carbocycles. The Kier molecular flexibility index (Phi) is 11.8. The molecule has 0 saturated heterocycles. The van der Waals surface area contributed by atoms with Crippen molar-refractivity contribution in [1.29, 1.82) is 5.26 Å². The second-order valence-electron chi connectivity index (χ2n) is 8.72. The molecule has 38 heavy (non-hydrogen) atoms. The molecule has 0 aliphatic rings. The highest BCUT2D eigenvalue weighted by molar-refractivity contribution is 5.44. The SMILES string of the molecule is COc1ccc(CN(CC#CCO[C@H](CC#Cc2ccc(OC)cc2C)c2ccccc2)CCC#N)cc1. The number of hydrogen-bond donors (Lipinski definition) is 0. The van der Waals surface area contributed by atoms with Gasteiger partial charge in [0.1, 0.15) is 18.1 Å². The highest BCUT2D eigenvalue weighted by atomic mass is 16.5. The number of aryl methyl sites for hydroxylation is 1. The first-order valence-electron chi connectivity index (χ1n) is 12.6. The van der Waals surface area contributed by atoms with Crippen LogP contribution in [0.1, 0.15) is 41.2 Å². The van der Waals surface area contributed by atoms with Crippen LogP contribution >= 0.6 is 0 Å². The summed E-state index contributed by atoms with van der Waals surface area (Å²) < 4.78 is 16.7. The second-order valence-corrected chi connectivity index (χ2v) is 8.72. The van der Waals surface area contributed by atoms with Crippen LogP contribution in [-0.2, 0) is 11.3 Å². The van der Waals surface area contributed by atoms with E-state index in [0.29, 0.717) is 39.1 Å². The Morgan fingerprint density at radius 2 is 1.61 bits per heavy atom. The molecule has 0 radical (unpaired) electrons. The minimum atomic E-state index is -0.175. The predicted octanol–water partition coefficient (Wildman–Crippen LogP) is 5.93. The third kappa shape index (κ3) is 9.34. The number of methoxy groups -OCH3 is 2. The summed E-state index contributed by atoms with van der Waals surface area (Å²) in [6.45, 7) is 4.27. The number of hydrogen-bond acceptors (Lipinski definition) is 5. The lowest BCUT2D eigenvalue weighted by atomic mass is 10.1. The standard InChI is InChI=1S/C33H34N2O3/c1-27-25-32(37-3)20-17-29(27)13-9-14-33(30-11-5-4-6-12-30)38-24-8-7-22-35(23-10-21-34)26-28-15-18-31(36-2)19-16-28/h4-6,11-12,15-20,25,33H,10,14,22-24,26H2,1-3H3/t33-/m1/s1. The maximum absolute atomic E-state index is 9.04. The monoisotopic (exact) mass is 506 g/mol. The van der Waals surface area contributed by atoms with Gasteiger partial charge in [-0.05, 0) is 53.9 Å². The van der Waals surface area contributed by atoms with E-state index in [1.165, 1.54) is 0 Å². The fraction of sp³-hybridized carbons (Fsp3) is 0.303. The lowest BCUT2D eigenvalue weighted by molar-refractivity contribution is 0.0818. The average Bonchev–Trinajstić information content (AvgIpc) is 2.96. The third-order valence-corrected chi connectivity index (χ3v) is 6.00. The largest absolute Gasteiger partial charge is 0.497 e. The van der Waals surface area contributed by atoms with E-state index in [-0.39, 0.29) is 6.10 Å². The molecular weight excluding hydrogens is 472 g/mol. The minimum absolute atomic E-state index is 0.175.